The van der Waals surface area contributed by atoms with E-state index in [0.717, 1.165) is 5.92 Å². The van der Waals surface area contributed by atoms with E-state index in [1.54, 1.807) is 0 Å². The normalized spacial score (nSPS) is 24.1. The highest BCUT2D eigenvalue weighted by atomic mass is 15.1. The largest absolute Gasteiger partial charge is 0.307 e. The predicted octanol–water partition coefficient (Wildman–Crippen LogP) is 2.85. The number of hydrogen-bond acceptors (Lipinski definition) is 3. The van der Waals surface area contributed by atoms with Crippen molar-refractivity contribution < 1.29 is 0 Å². The van der Waals surface area contributed by atoms with Crippen molar-refractivity contribution in [3.63, 3.8) is 0 Å². The van der Waals surface area contributed by atoms with Crippen molar-refractivity contribution in [1.29, 1.82) is 0 Å². The van der Waals surface area contributed by atoms with E-state index in [1.807, 2.05) is 18.5 Å². The maximum Gasteiger partial charge on any atom is 0.0315 e. The molecule has 2 unspecified atom stereocenters. The highest BCUT2D eigenvalue weighted by molar-refractivity contribution is 5.13. The summed E-state index contributed by atoms with van der Waals surface area (Å²) in [7, 11) is 0. The van der Waals surface area contributed by atoms with Crippen LogP contribution in [-0.4, -0.2) is 35.6 Å². The van der Waals surface area contributed by atoms with Gasteiger partial charge in [0.2, 0.25) is 0 Å². The molecule has 2 rings (SSSR count). The molecule has 1 aromatic heterocycles. The molecular formula is C16H27N3. The molecule has 1 aliphatic heterocycles. The molecule has 1 aliphatic rings. The number of pyridine rings is 1. The van der Waals surface area contributed by atoms with E-state index in [0.29, 0.717) is 12.1 Å². The lowest BCUT2D eigenvalue weighted by Gasteiger charge is -2.36. The lowest BCUT2D eigenvalue weighted by Crippen LogP contribution is -2.44. The fourth-order valence-electron chi connectivity index (χ4n) is 3.05. The van der Waals surface area contributed by atoms with E-state index in [4.69, 9.17) is 0 Å². The van der Waals surface area contributed by atoms with E-state index >= 15 is 0 Å². The van der Waals surface area contributed by atoms with Crippen LogP contribution >= 0.6 is 0 Å². The summed E-state index contributed by atoms with van der Waals surface area (Å²) in [6.07, 6.45) is 6.49. The minimum Gasteiger partial charge on any atom is -0.307 e. The highest BCUT2D eigenvalue weighted by Gasteiger charge is 2.24. The van der Waals surface area contributed by atoms with Crippen LogP contribution in [0.4, 0.5) is 0 Å². The topological polar surface area (TPSA) is 28.2 Å². The van der Waals surface area contributed by atoms with E-state index in [-0.39, 0.29) is 0 Å². The average Bonchev–Trinajstić information content (AvgIpc) is 2.48. The molecule has 19 heavy (non-hydrogen) atoms. The molecule has 0 saturated carbocycles. The highest BCUT2D eigenvalue weighted by Crippen LogP contribution is 2.21. The van der Waals surface area contributed by atoms with Crippen LogP contribution in [0.1, 0.15) is 45.2 Å². The quantitative estimate of drug-likeness (QED) is 0.883. The van der Waals surface area contributed by atoms with Gasteiger partial charge in [-0.15, -0.1) is 0 Å². The zero-order valence-electron chi connectivity index (χ0n) is 12.5. The summed E-state index contributed by atoms with van der Waals surface area (Å²) < 4.78 is 0. The van der Waals surface area contributed by atoms with Gasteiger partial charge in [-0.2, -0.15) is 0 Å². The molecule has 0 spiro atoms. The molecular weight excluding hydrogens is 234 g/mol. The Hall–Kier alpha value is -0.930. The summed E-state index contributed by atoms with van der Waals surface area (Å²) in [4.78, 5) is 6.77. The van der Waals surface area contributed by atoms with E-state index < -0.39 is 0 Å². The number of rotatable bonds is 5. The third-order valence-corrected chi connectivity index (χ3v) is 4.39. The van der Waals surface area contributed by atoms with Gasteiger partial charge < -0.3 is 10.2 Å². The zero-order chi connectivity index (χ0) is 13.7. The minimum atomic E-state index is 0.376. The van der Waals surface area contributed by atoms with Gasteiger partial charge >= 0.3 is 0 Å². The van der Waals surface area contributed by atoms with Crippen LogP contribution in [0, 0.1) is 5.92 Å². The van der Waals surface area contributed by atoms with Crippen molar-refractivity contribution in [1.82, 2.24) is 15.2 Å². The maximum absolute atomic E-state index is 4.20. The second-order valence-corrected chi connectivity index (χ2v) is 5.76. The molecule has 1 N–H and O–H groups in total. The van der Waals surface area contributed by atoms with Crippen LogP contribution in [0.25, 0.3) is 0 Å². The predicted molar refractivity (Wildman–Crippen MR) is 80.1 cm³/mol. The molecule has 3 nitrogen and oxygen atoms in total. The first-order valence-corrected chi connectivity index (χ1v) is 7.59. The van der Waals surface area contributed by atoms with Crippen LogP contribution in [0.2, 0.25) is 0 Å². The van der Waals surface area contributed by atoms with Crippen LogP contribution in [0.3, 0.4) is 0 Å². The molecule has 0 aromatic carbocycles. The summed E-state index contributed by atoms with van der Waals surface area (Å²) in [5.41, 5.74) is 1.28. The Labute approximate surface area is 117 Å². The Bertz CT molecular complexity index is 366. The summed E-state index contributed by atoms with van der Waals surface area (Å²) in [5.74, 6) is 0.771. The fraction of sp³-hybridized carbons (Fsp3) is 0.688. The van der Waals surface area contributed by atoms with Gasteiger partial charge in [-0.1, -0.05) is 13.0 Å². The van der Waals surface area contributed by atoms with Gasteiger partial charge in [-0.3, -0.25) is 4.98 Å². The molecule has 3 heteroatoms. The van der Waals surface area contributed by atoms with Crippen molar-refractivity contribution in [3.8, 4) is 0 Å². The van der Waals surface area contributed by atoms with E-state index in [9.17, 15) is 0 Å². The van der Waals surface area contributed by atoms with Crippen LogP contribution in [0.15, 0.2) is 24.5 Å². The number of nitrogens with zero attached hydrogens (tertiary/aromatic N) is 2. The Morgan fingerprint density at radius 1 is 1.47 bits per heavy atom. The summed E-state index contributed by atoms with van der Waals surface area (Å²) in [6.45, 7) is 10.5. The second-order valence-electron chi connectivity index (χ2n) is 5.76. The molecule has 3 atom stereocenters. The molecule has 0 bridgehead atoms. The standard InChI is InChI=1S/C16H27N3/c1-4-19-10-6-8-16(12-19)14(3)18-13(2)15-7-5-9-17-11-15/h5,7,9,11,13-14,16,18H,4,6,8,10,12H2,1-3H3/t13-,14?,16?/m1/s1. The fourth-order valence-corrected chi connectivity index (χ4v) is 3.05. The second kappa shape index (κ2) is 7.01. The number of hydrogen-bond donors (Lipinski definition) is 1. The van der Waals surface area contributed by atoms with Crippen LogP contribution < -0.4 is 5.32 Å². The smallest absolute Gasteiger partial charge is 0.0315 e. The molecule has 1 saturated heterocycles. The maximum atomic E-state index is 4.20. The van der Waals surface area contributed by atoms with Gasteiger partial charge in [0.25, 0.3) is 0 Å². The van der Waals surface area contributed by atoms with E-state index in [2.05, 4.69) is 42.0 Å². The lowest BCUT2D eigenvalue weighted by atomic mass is 9.91. The molecule has 1 fully saturated rings. The van der Waals surface area contributed by atoms with Gasteiger partial charge in [-0.05, 0) is 57.3 Å². The minimum absolute atomic E-state index is 0.376. The van der Waals surface area contributed by atoms with E-state index in [1.165, 1.54) is 38.0 Å². The molecule has 1 aromatic rings. The number of aromatic nitrogens is 1. The SMILES string of the molecule is CCN1CCCC(C(C)N[C@H](C)c2cccnc2)C1. The average molecular weight is 261 g/mol. The Morgan fingerprint density at radius 3 is 3.00 bits per heavy atom. The Kier molecular flexibility index (Phi) is 5.34. The number of likely N-dealkylation sites (tertiary alicyclic amines) is 1. The first kappa shape index (κ1) is 14.5. The Balaban J connectivity index is 1.88. The van der Waals surface area contributed by atoms with Crippen LogP contribution in [-0.2, 0) is 0 Å². The van der Waals surface area contributed by atoms with Gasteiger partial charge in [-0.25, -0.2) is 0 Å². The number of piperidine rings is 1. The molecule has 0 aliphatic carbocycles. The van der Waals surface area contributed by atoms with Crippen molar-refractivity contribution in [2.45, 2.75) is 45.7 Å². The number of nitrogens with one attached hydrogen (secondary N) is 1. The van der Waals surface area contributed by atoms with Crippen LogP contribution in [0.5, 0.6) is 0 Å². The van der Waals surface area contributed by atoms with Gasteiger partial charge in [0.15, 0.2) is 0 Å². The first-order chi connectivity index (χ1) is 9.20. The molecule has 2 heterocycles. The first-order valence-electron chi connectivity index (χ1n) is 7.59. The monoisotopic (exact) mass is 261 g/mol. The van der Waals surface area contributed by atoms with Crippen molar-refractivity contribution in [2.24, 2.45) is 5.92 Å². The summed E-state index contributed by atoms with van der Waals surface area (Å²) in [5, 5.41) is 3.74. The third-order valence-electron chi connectivity index (χ3n) is 4.39. The summed E-state index contributed by atoms with van der Waals surface area (Å²) in [6, 6.07) is 5.10. The van der Waals surface area contributed by atoms with Crippen molar-refractivity contribution >= 4 is 0 Å². The van der Waals surface area contributed by atoms with Gasteiger partial charge in [0, 0.05) is 31.0 Å². The molecule has 106 valence electrons. The lowest BCUT2D eigenvalue weighted by molar-refractivity contribution is 0.153. The van der Waals surface area contributed by atoms with Crippen molar-refractivity contribution in [3.05, 3.63) is 30.1 Å². The third kappa shape index (κ3) is 4.02. The summed E-state index contributed by atoms with van der Waals surface area (Å²) >= 11 is 0. The zero-order valence-corrected chi connectivity index (χ0v) is 12.5. The van der Waals surface area contributed by atoms with Gasteiger partial charge in [0.05, 0.1) is 0 Å². The Morgan fingerprint density at radius 2 is 2.32 bits per heavy atom. The molecule has 0 radical (unpaired) electrons. The van der Waals surface area contributed by atoms with Gasteiger partial charge in [0.1, 0.15) is 0 Å². The van der Waals surface area contributed by atoms with Crippen molar-refractivity contribution in [2.75, 3.05) is 19.6 Å². The molecule has 0 amide bonds.